The Morgan fingerprint density at radius 1 is 1.33 bits per heavy atom. The Balaban J connectivity index is 1.90. The standard InChI is InChI=1S/C27H38ClNO4/c1-5-33-25(32)10-14-29-18-22-19(11-15-30)9-13-27(22,17-24(29)31)21-7-6-20(23(28)16-21)8-12-26(2,3)4/h6-7,16,18-19,30H,5,8-15,17H2,1-4H3. The zero-order valence-electron chi connectivity index (χ0n) is 20.5. The maximum absolute atomic E-state index is 13.2. The van der Waals surface area contributed by atoms with E-state index in [0.717, 1.165) is 41.8 Å². The van der Waals surface area contributed by atoms with E-state index in [0.29, 0.717) is 26.0 Å². The van der Waals surface area contributed by atoms with Crippen LogP contribution in [0.15, 0.2) is 30.0 Å². The van der Waals surface area contributed by atoms with E-state index in [9.17, 15) is 14.7 Å². The maximum atomic E-state index is 13.2. The highest BCUT2D eigenvalue weighted by atomic mass is 35.5. The second-order valence-electron chi connectivity index (χ2n) is 10.6. The van der Waals surface area contributed by atoms with Crippen molar-refractivity contribution in [3.63, 3.8) is 0 Å². The van der Waals surface area contributed by atoms with Crippen LogP contribution in [0.4, 0.5) is 0 Å². The number of aliphatic hydroxyl groups is 1. The Kier molecular flexibility index (Phi) is 8.28. The van der Waals surface area contributed by atoms with E-state index in [1.54, 1.807) is 11.8 Å². The van der Waals surface area contributed by atoms with E-state index in [1.807, 2.05) is 6.20 Å². The van der Waals surface area contributed by atoms with E-state index in [-0.39, 0.29) is 41.7 Å². The zero-order valence-corrected chi connectivity index (χ0v) is 21.2. The number of benzene rings is 1. The molecule has 1 fully saturated rings. The molecule has 0 saturated heterocycles. The molecule has 1 aliphatic heterocycles. The number of hydrogen-bond donors (Lipinski definition) is 1. The predicted octanol–water partition coefficient (Wildman–Crippen LogP) is 5.42. The molecule has 0 bridgehead atoms. The highest BCUT2D eigenvalue weighted by Gasteiger charge is 2.49. The van der Waals surface area contributed by atoms with Gasteiger partial charge in [0.25, 0.3) is 0 Å². The van der Waals surface area contributed by atoms with Gasteiger partial charge in [0.05, 0.1) is 13.0 Å². The summed E-state index contributed by atoms with van der Waals surface area (Å²) in [4.78, 5) is 26.7. The second kappa shape index (κ2) is 10.6. The summed E-state index contributed by atoms with van der Waals surface area (Å²) in [5.74, 6) is -0.0651. The van der Waals surface area contributed by atoms with Gasteiger partial charge >= 0.3 is 5.97 Å². The maximum Gasteiger partial charge on any atom is 0.307 e. The van der Waals surface area contributed by atoms with E-state index in [4.69, 9.17) is 16.3 Å². The van der Waals surface area contributed by atoms with E-state index in [1.165, 1.54) is 5.57 Å². The fraction of sp³-hybridized carbons (Fsp3) is 0.630. The van der Waals surface area contributed by atoms with Crippen molar-refractivity contribution in [1.29, 1.82) is 0 Å². The minimum Gasteiger partial charge on any atom is -0.466 e. The molecule has 1 aromatic rings. The first kappa shape index (κ1) is 25.8. The predicted molar refractivity (Wildman–Crippen MR) is 131 cm³/mol. The number of aliphatic hydroxyl groups excluding tert-OH is 1. The first-order valence-corrected chi connectivity index (χ1v) is 12.5. The van der Waals surface area contributed by atoms with Crippen molar-refractivity contribution in [3.8, 4) is 0 Å². The lowest BCUT2D eigenvalue weighted by molar-refractivity contribution is -0.143. The number of allylic oxidation sites excluding steroid dienone is 1. The number of nitrogens with zero attached hydrogens (tertiary/aromatic N) is 1. The summed E-state index contributed by atoms with van der Waals surface area (Å²) in [6, 6.07) is 6.31. The number of fused-ring (bicyclic) bond motifs is 1. The zero-order chi connectivity index (χ0) is 24.2. The molecule has 0 aromatic heterocycles. The van der Waals surface area contributed by atoms with Crippen LogP contribution in [0, 0.1) is 11.3 Å². The Hall–Kier alpha value is -1.85. The van der Waals surface area contributed by atoms with Crippen molar-refractivity contribution >= 4 is 23.5 Å². The molecule has 1 saturated carbocycles. The van der Waals surface area contributed by atoms with Crippen LogP contribution in [0.1, 0.15) is 77.3 Å². The van der Waals surface area contributed by atoms with Crippen molar-refractivity contribution in [2.75, 3.05) is 19.8 Å². The van der Waals surface area contributed by atoms with Gasteiger partial charge < -0.3 is 14.7 Å². The SMILES string of the molecule is CCOC(=O)CCN1C=C2C(CCO)CCC2(c2ccc(CCC(C)(C)C)c(Cl)c2)CC1=O. The van der Waals surface area contributed by atoms with Gasteiger partial charge in [0.2, 0.25) is 5.91 Å². The summed E-state index contributed by atoms with van der Waals surface area (Å²) in [6.07, 6.45) is 6.91. The lowest BCUT2D eigenvalue weighted by Crippen LogP contribution is -2.42. The monoisotopic (exact) mass is 475 g/mol. The number of aryl methyl sites for hydroxylation is 1. The summed E-state index contributed by atoms with van der Waals surface area (Å²) in [7, 11) is 0. The number of halogens is 1. The van der Waals surface area contributed by atoms with Gasteiger partial charge in [-0.25, -0.2) is 0 Å². The van der Waals surface area contributed by atoms with E-state index < -0.39 is 0 Å². The molecule has 33 heavy (non-hydrogen) atoms. The van der Waals surface area contributed by atoms with E-state index >= 15 is 0 Å². The Morgan fingerprint density at radius 3 is 2.73 bits per heavy atom. The molecular formula is C27H38ClNO4. The molecule has 6 heteroatoms. The van der Waals surface area contributed by atoms with Crippen molar-refractivity contribution < 1.29 is 19.4 Å². The van der Waals surface area contributed by atoms with Gasteiger partial charge in [0.15, 0.2) is 0 Å². The number of esters is 1. The Bertz CT molecular complexity index is 904. The average molecular weight is 476 g/mol. The van der Waals surface area contributed by atoms with Crippen LogP contribution in [0.3, 0.4) is 0 Å². The summed E-state index contributed by atoms with van der Waals surface area (Å²) in [5, 5.41) is 10.4. The van der Waals surface area contributed by atoms with Crippen LogP contribution < -0.4 is 0 Å². The molecule has 1 heterocycles. The molecule has 3 rings (SSSR count). The summed E-state index contributed by atoms with van der Waals surface area (Å²) in [6.45, 7) is 9.22. The van der Waals surface area contributed by atoms with Crippen molar-refractivity contribution in [2.45, 2.75) is 78.1 Å². The molecule has 2 aliphatic rings. The number of rotatable bonds is 9. The molecular weight excluding hydrogens is 438 g/mol. The molecule has 2 unspecified atom stereocenters. The van der Waals surface area contributed by atoms with Crippen LogP contribution >= 0.6 is 11.6 Å². The van der Waals surface area contributed by atoms with Gasteiger partial charge in [-0.15, -0.1) is 0 Å². The van der Waals surface area contributed by atoms with Crippen molar-refractivity contribution in [3.05, 3.63) is 46.1 Å². The highest BCUT2D eigenvalue weighted by molar-refractivity contribution is 6.31. The molecule has 182 valence electrons. The van der Waals surface area contributed by atoms with Crippen molar-refractivity contribution in [2.24, 2.45) is 11.3 Å². The van der Waals surface area contributed by atoms with Crippen LogP contribution in [0.2, 0.25) is 5.02 Å². The van der Waals surface area contributed by atoms with E-state index in [2.05, 4.69) is 39.0 Å². The third-order valence-electron chi connectivity index (χ3n) is 7.07. The molecule has 0 spiro atoms. The molecule has 2 atom stereocenters. The van der Waals surface area contributed by atoms with Crippen LogP contribution in [0.25, 0.3) is 0 Å². The highest BCUT2D eigenvalue weighted by Crippen LogP contribution is 2.54. The van der Waals surface area contributed by atoms with Gasteiger partial charge in [-0.1, -0.05) is 44.5 Å². The smallest absolute Gasteiger partial charge is 0.307 e. The average Bonchev–Trinajstić information content (AvgIpc) is 3.09. The van der Waals surface area contributed by atoms with Gasteiger partial charge in [0.1, 0.15) is 0 Å². The van der Waals surface area contributed by atoms with Crippen molar-refractivity contribution in [1.82, 2.24) is 4.90 Å². The van der Waals surface area contributed by atoms with Gasteiger partial charge in [-0.3, -0.25) is 9.59 Å². The number of carbonyl (C=O) groups excluding carboxylic acids is 2. The Labute approximate surface area is 203 Å². The van der Waals surface area contributed by atoms with Crippen LogP contribution in [-0.4, -0.2) is 41.6 Å². The summed E-state index contributed by atoms with van der Waals surface area (Å²) >= 11 is 6.74. The lowest BCUT2D eigenvalue weighted by Gasteiger charge is -2.39. The molecule has 5 nitrogen and oxygen atoms in total. The number of carbonyl (C=O) groups is 2. The molecule has 1 aliphatic carbocycles. The number of hydrogen-bond acceptors (Lipinski definition) is 4. The first-order valence-electron chi connectivity index (χ1n) is 12.2. The third kappa shape index (κ3) is 5.99. The largest absolute Gasteiger partial charge is 0.466 e. The number of ether oxygens (including phenoxy) is 1. The fourth-order valence-corrected chi connectivity index (χ4v) is 5.47. The molecule has 1 amide bonds. The lowest BCUT2D eigenvalue weighted by atomic mass is 9.70. The normalized spacial score (nSPS) is 22.8. The minimum atomic E-state index is -0.385. The van der Waals surface area contributed by atoms with Gasteiger partial charge in [-0.2, -0.15) is 0 Å². The topological polar surface area (TPSA) is 66.8 Å². The molecule has 1 aromatic carbocycles. The van der Waals surface area contributed by atoms with Crippen LogP contribution in [0.5, 0.6) is 0 Å². The number of amides is 1. The minimum absolute atomic E-state index is 0.0145. The first-order chi connectivity index (χ1) is 15.6. The Morgan fingerprint density at radius 2 is 2.09 bits per heavy atom. The molecule has 0 radical (unpaired) electrons. The summed E-state index contributed by atoms with van der Waals surface area (Å²) in [5.41, 5.74) is 3.25. The fourth-order valence-electron chi connectivity index (χ4n) is 5.19. The van der Waals surface area contributed by atoms with Crippen LogP contribution in [-0.2, 0) is 26.2 Å². The molecule has 1 N–H and O–H groups in total. The quantitative estimate of drug-likeness (QED) is 0.484. The van der Waals surface area contributed by atoms with Gasteiger partial charge in [0, 0.05) is 36.2 Å². The summed E-state index contributed by atoms with van der Waals surface area (Å²) < 4.78 is 5.02. The third-order valence-corrected chi connectivity index (χ3v) is 7.42. The van der Waals surface area contributed by atoms with Gasteiger partial charge in [-0.05, 0) is 73.1 Å². The second-order valence-corrected chi connectivity index (χ2v) is 11.0.